The van der Waals surface area contributed by atoms with Crippen LogP contribution in [0.4, 0.5) is 24.9 Å². The van der Waals surface area contributed by atoms with E-state index in [-0.39, 0.29) is 42.5 Å². The number of anilines is 2. The van der Waals surface area contributed by atoms with Crippen LogP contribution in [0, 0.1) is 17.8 Å². The summed E-state index contributed by atoms with van der Waals surface area (Å²) in [5.41, 5.74) is -0.432. The van der Waals surface area contributed by atoms with Crippen molar-refractivity contribution < 1.29 is 27.4 Å². The van der Waals surface area contributed by atoms with E-state index in [0.29, 0.717) is 44.4 Å². The molecule has 4 atom stereocenters. The second kappa shape index (κ2) is 8.33. The number of carbonyl (C=O) groups is 1. The summed E-state index contributed by atoms with van der Waals surface area (Å²) in [6.45, 7) is 1.50. The Balaban J connectivity index is 1.40. The van der Waals surface area contributed by atoms with E-state index in [1.54, 1.807) is 0 Å². The molecular weight excluding hydrogens is 429 g/mol. The zero-order valence-electron chi connectivity index (χ0n) is 17.6. The number of hydrogen-bond acceptors (Lipinski definition) is 7. The van der Waals surface area contributed by atoms with Crippen LogP contribution in [0.3, 0.4) is 0 Å². The van der Waals surface area contributed by atoms with E-state index in [1.165, 1.54) is 10.6 Å². The van der Waals surface area contributed by atoms with Gasteiger partial charge in [-0.2, -0.15) is 18.2 Å². The van der Waals surface area contributed by atoms with Gasteiger partial charge in [-0.15, -0.1) is 0 Å². The predicted octanol–water partition coefficient (Wildman–Crippen LogP) is 1.83. The minimum Gasteiger partial charge on any atom is -0.381 e. The summed E-state index contributed by atoms with van der Waals surface area (Å²) in [6, 6.07) is -0.561. The minimum atomic E-state index is -4.54. The lowest BCUT2D eigenvalue weighted by atomic mass is 9.94. The van der Waals surface area contributed by atoms with Gasteiger partial charge in [0, 0.05) is 38.3 Å². The normalized spacial score (nSPS) is 30.0. The topological polar surface area (TPSA) is 85.7 Å². The van der Waals surface area contributed by atoms with E-state index in [0.717, 1.165) is 17.9 Å². The number of Topliss-reactive ketones (excluding diaryl/α,β-unsaturated/α-hetero) is 1. The summed E-state index contributed by atoms with van der Waals surface area (Å²) >= 11 is 0. The van der Waals surface area contributed by atoms with Gasteiger partial charge in [-0.05, 0) is 37.5 Å². The van der Waals surface area contributed by atoms with Crippen LogP contribution in [-0.4, -0.2) is 66.6 Å². The number of rotatable bonds is 6. The summed E-state index contributed by atoms with van der Waals surface area (Å²) in [6.07, 6.45) is -2.70. The van der Waals surface area contributed by atoms with E-state index >= 15 is 0 Å². The lowest BCUT2D eigenvalue weighted by Crippen LogP contribution is -2.54. The molecule has 4 aliphatic rings. The Kier molecular flexibility index (Phi) is 5.65. The summed E-state index contributed by atoms with van der Waals surface area (Å²) in [5.74, 6) is 0.591. The molecule has 8 nitrogen and oxygen atoms in total. The molecule has 1 N–H and O–H groups in total. The molecule has 11 heteroatoms. The lowest BCUT2D eigenvalue weighted by Gasteiger charge is -2.39. The van der Waals surface area contributed by atoms with Crippen molar-refractivity contribution in [2.24, 2.45) is 17.8 Å². The fourth-order valence-electron chi connectivity index (χ4n) is 5.10. The number of nitrogens with one attached hydrogen (secondary N) is 1. The van der Waals surface area contributed by atoms with Gasteiger partial charge in [0.25, 0.3) is 5.56 Å². The Morgan fingerprint density at radius 1 is 1.25 bits per heavy atom. The zero-order valence-corrected chi connectivity index (χ0v) is 17.6. The molecule has 2 saturated heterocycles. The van der Waals surface area contributed by atoms with E-state index < -0.39 is 24.3 Å². The number of fused-ring (bicyclic) bond motifs is 2. The minimum absolute atomic E-state index is 0.0229. The highest BCUT2D eigenvalue weighted by Gasteiger charge is 2.49. The molecule has 2 unspecified atom stereocenters. The third-order valence-corrected chi connectivity index (χ3v) is 7.09. The maximum Gasteiger partial charge on any atom is 0.408 e. The van der Waals surface area contributed by atoms with Crippen molar-refractivity contribution in [3.8, 4) is 0 Å². The second-order valence-electron chi connectivity index (χ2n) is 9.17. The number of halogens is 3. The Hall–Kier alpha value is -2.14. The first-order valence-electron chi connectivity index (χ1n) is 11.2. The number of ether oxygens (including phenoxy) is 2. The molecule has 0 radical (unpaired) electrons. The van der Waals surface area contributed by atoms with Gasteiger partial charge in [0.2, 0.25) is 5.95 Å². The monoisotopic (exact) mass is 456 g/mol. The Bertz CT molecular complexity index is 931. The molecule has 4 heterocycles. The fraction of sp³-hybridized carbons (Fsp3) is 0.762. The molecule has 0 bridgehead atoms. The molecular formula is C21H27F3N4O4. The molecule has 5 rings (SSSR count). The van der Waals surface area contributed by atoms with Crippen molar-refractivity contribution in [1.82, 2.24) is 9.55 Å². The first kappa shape index (κ1) is 21.7. The number of aromatic nitrogens is 2. The Labute approximate surface area is 183 Å². The molecule has 0 spiro atoms. The Morgan fingerprint density at radius 3 is 2.69 bits per heavy atom. The fourth-order valence-corrected chi connectivity index (χ4v) is 5.10. The van der Waals surface area contributed by atoms with Crippen molar-refractivity contribution in [2.45, 2.75) is 50.6 Å². The molecule has 176 valence electrons. The van der Waals surface area contributed by atoms with Gasteiger partial charge < -0.3 is 19.7 Å². The highest BCUT2D eigenvalue weighted by Crippen LogP contribution is 2.48. The predicted molar refractivity (Wildman–Crippen MR) is 109 cm³/mol. The third kappa shape index (κ3) is 4.24. The first-order chi connectivity index (χ1) is 15.3. The molecule has 1 aliphatic carbocycles. The Morgan fingerprint density at radius 2 is 2.03 bits per heavy atom. The average molecular weight is 456 g/mol. The summed E-state index contributed by atoms with van der Waals surface area (Å²) < 4.78 is 53.8. The second-order valence-corrected chi connectivity index (χ2v) is 9.17. The highest BCUT2D eigenvalue weighted by atomic mass is 19.4. The maximum atomic E-state index is 13.9. The van der Waals surface area contributed by atoms with Crippen molar-refractivity contribution in [1.29, 1.82) is 0 Å². The van der Waals surface area contributed by atoms with Crippen LogP contribution >= 0.6 is 0 Å². The van der Waals surface area contributed by atoms with Crippen molar-refractivity contribution >= 4 is 17.5 Å². The van der Waals surface area contributed by atoms with Crippen LogP contribution in [0.5, 0.6) is 0 Å². The molecule has 0 amide bonds. The number of carbonyl (C=O) groups excluding carboxylic acids is 1. The van der Waals surface area contributed by atoms with Crippen LogP contribution in [0.25, 0.3) is 0 Å². The number of hydrogen-bond donors (Lipinski definition) is 1. The van der Waals surface area contributed by atoms with Gasteiger partial charge in [-0.25, -0.2) is 0 Å². The van der Waals surface area contributed by atoms with Gasteiger partial charge in [-0.1, -0.05) is 0 Å². The molecule has 32 heavy (non-hydrogen) atoms. The molecule has 1 saturated carbocycles. The number of nitrogens with zero attached hydrogens (tertiary/aromatic N) is 3. The van der Waals surface area contributed by atoms with E-state index in [4.69, 9.17) is 9.47 Å². The van der Waals surface area contributed by atoms with Gasteiger partial charge in [0.05, 0.1) is 19.3 Å². The molecule has 0 aromatic carbocycles. The SMILES string of the molecule is O=C(CN1c2nc(NC[C@H]3OCC4CC43)cc(=O)n2CC[C@H]1C(F)(F)F)C1CCOCC1. The van der Waals surface area contributed by atoms with Gasteiger partial charge >= 0.3 is 6.18 Å². The van der Waals surface area contributed by atoms with Gasteiger partial charge in [0.1, 0.15) is 11.9 Å². The van der Waals surface area contributed by atoms with Crippen LogP contribution in [-0.2, 0) is 20.8 Å². The zero-order chi connectivity index (χ0) is 22.5. The van der Waals surface area contributed by atoms with Crippen LogP contribution in [0.15, 0.2) is 10.9 Å². The lowest BCUT2D eigenvalue weighted by molar-refractivity contribution is -0.153. The molecule has 3 aliphatic heterocycles. The molecule has 3 fully saturated rings. The highest BCUT2D eigenvalue weighted by molar-refractivity contribution is 5.85. The quantitative estimate of drug-likeness (QED) is 0.699. The summed E-state index contributed by atoms with van der Waals surface area (Å²) in [4.78, 5) is 30.9. The number of ketones is 1. The van der Waals surface area contributed by atoms with E-state index in [2.05, 4.69) is 10.3 Å². The van der Waals surface area contributed by atoms with E-state index in [9.17, 15) is 22.8 Å². The van der Waals surface area contributed by atoms with Crippen LogP contribution in [0.1, 0.15) is 25.7 Å². The van der Waals surface area contributed by atoms with Gasteiger partial charge in [-0.3, -0.25) is 14.2 Å². The first-order valence-corrected chi connectivity index (χ1v) is 11.2. The van der Waals surface area contributed by atoms with Crippen molar-refractivity contribution in [3.05, 3.63) is 16.4 Å². The van der Waals surface area contributed by atoms with Crippen molar-refractivity contribution in [2.75, 3.05) is 43.1 Å². The third-order valence-electron chi connectivity index (χ3n) is 7.09. The molecule has 1 aromatic rings. The van der Waals surface area contributed by atoms with Gasteiger partial charge in [0.15, 0.2) is 5.78 Å². The smallest absolute Gasteiger partial charge is 0.381 e. The van der Waals surface area contributed by atoms with Crippen LogP contribution in [0.2, 0.25) is 0 Å². The standard InChI is InChI=1S/C21H27F3N4O4/c22-21(23,24)17-1-4-27-19(30)8-18(25-9-16-14-7-13(14)11-32-16)26-20(27)28(17)10-15(29)12-2-5-31-6-3-12/h8,12-14,16-17,25H,1-7,9-11H2/t13?,14?,16-,17+/m1/s1. The van der Waals surface area contributed by atoms with Crippen molar-refractivity contribution in [3.63, 3.8) is 0 Å². The van der Waals surface area contributed by atoms with E-state index in [1.807, 2.05) is 0 Å². The number of alkyl halides is 3. The molecule has 1 aromatic heterocycles. The van der Waals surface area contributed by atoms with Crippen LogP contribution < -0.4 is 15.8 Å². The summed E-state index contributed by atoms with van der Waals surface area (Å²) in [7, 11) is 0. The maximum absolute atomic E-state index is 13.9. The largest absolute Gasteiger partial charge is 0.408 e. The average Bonchev–Trinajstić information content (AvgIpc) is 3.44. The summed E-state index contributed by atoms with van der Waals surface area (Å²) in [5, 5.41) is 3.07.